The fourth-order valence-electron chi connectivity index (χ4n) is 3.08. The van der Waals surface area contributed by atoms with E-state index in [-0.39, 0.29) is 11.7 Å². The quantitative estimate of drug-likeness (QED) is 0.797. The molecule has 1 heterocycles. The topological polar surface area (TPSA) is 23.6 Å². The third kappa shape index (κ3) is 5.00. The molecule has 2 aromatic carbocycles. The van der Waals surface area contributed by atoms with Crippen LogP contribution in [0.3, 0.4) is 0 Å². The van der Waals surface area contributed by atoms with Crippen LogP contribution in [-0.4, -0.2) is 41.9 Å². The minimum Gasteiger partial charge on any atom is -0.337 e. The van der Waals surface area contributed by atoms with Crippen LogP contribution >= 0.6 is 0 Å². The van der Waals surface area contributed by atoms with Crippen LogP contribution in [0.15, 0.2) is 54.6 Å². The van der Waals surface area contributed by atoms with Gasteiger partial charge in [-0.3, -0.25) is 9.69 Å². The van der Waals surface area contributed by atoms with Crippen LogP contribution < -0.4 is 0 Å². The Hall–Kier alpha value is -2.46. The highest BCUT2D eigenvalue weighted by Gasteiger charge is 2.19. The van der Waals surface area contributed by atoms with E-state index in [2.05, 4.69) is 36.1 Å². The Balaban J connectivity index is 1.50. The summed E-state index contributed by atoms with van der Waals surface area (Å²) in [5, 5.41) is 0. The van der Waals surface area contributed by atoms with Gasteiger partial charge in [0, 0.05) is 38.8 Å². The SMILES string of the molecule is Cc1cccc(CN2CCN(C(=O)/C=C/c3cccc(F)c3)CC2)c1. The third-order valence-corrected chi connectivity index (χ3v) is 4.44. The molecule has 2 aromatic rings. The molecular weight excluding hydrogens is 315 g/mol. The van der Waals surface area contributed by atoms with Gasteiger partial charge in [0.2, 0.25) is 5.91 Å². The average Bonchev–Trinajstić information content (AvgIpc) is 2.60. The van der Waals surface area contributed by atoms with Gasteiger partial charge in [0.25, 0.3) is 0 Å². The van der Waals surface area contributed by atoms with E-state index in [1.807, 2.05) is 4.90 Å². The van der Waals surface area contributed by atoms with Crippen molar-refractivity contribution >= 4 is 12.0 Å². The lowest BCUT2D eigenvalue weighted by atomic mass is 10.1. The van der Waals surface area contributed by atoms with Gasteiger partial charge in [-0.15, -0.1) is 0 Å². The van der Waals surface area contributed by atoms with Gasteiger partial charge in [0.1, 0.15) is 5.82 Å². The van der Waals surface area contributed by atoms with E-state index in [0.29, 0.717) is 5.56 Å². The van der Waals surface area contributed by atoms with E-state index < -0.39 is 0 Å². The Bertz CT molecular complexity index is 764. The first-order chi connectivity index (χ1) is 12.1. The first kappa shape index (κ1) is 17.4. The first-order valence-electron chi connectivity index (χ1n) is 8.60. The lowest BCUT2D eigenvalue weighted by Crippen LogP contribution is -2.47. The molecule has 0 spiro atoms. The van der Waals surface area contributed by atoms with Gasteiger partial charge < -0.3 is 4.90 Å². The fourth-order valence-corrected chi connectivity index (χ4v) is 3.08. The number of rotatable bonds is 4. The zero-order chi connectivity index (χ0) is 17.6. The molecule has 0 radical (unpaired) electrons. The number of carbonyl (C=O) groups excluding carboxylic acids is 1. The normalized spacial score (nSPS) is 15.7. The Morgan fingerprint density at radius 1 is 1.08 bits per heavy atom. The van der Waals surface area contributed by atoms with Crippen molar-refractivity contribution in [2.75, 3.05) is 26.2 Å². The highest BCUT2D eigenvalue weighted by atomic mass is 19.1. The molecule has 1 saturated heterocycles. The van der Waals surface area contributed by atoms with Crippen LogP contribution in [0.25, 0.3) is 6.08 Å². The highest BCUT2D eigenvalue weighted by Crippen LogP contribution is 2.11. The van der Waals surface area contributed by atoms with Gasteiger partial charge in [-0.2, -0.15) is 0 Å². The highest BCUT2D eigenvalue weighted by molar-refractivity contribution is 5.91. The maximum atomic E-state index is 13.2. The van der Waals surface area contributed by atoms with E-state index in [9.17, 15) is 9.18 Å². The van der Waals surface area contributed by atoms with Crippen molar-refractivity contribution in [2.24, 2.45) is 0 Å². The second-order valence-electron chi connectivity index (χ2n) is 6.48. The summed E-state index contributed by atoms with van der Waals surface area (Å²) in [6, 6.07) is 14.8. The standard InChI is InChI=1S/C21H23FN2O/c1-17-4-2-6-19(14-17)16-23-10-12-24(13-11-23)21(25)9-8-18-5-3-7-20(22)15-18/h2-9,14-15H,10-13,16H2,1H3/b9-8+. The number of benzene rings is 2. The maximum absolute atomic E-state index is 13.2. The zero-order valence-corrected chi connectivity index (χ0v) is 14.5. The van der Waals surface area contributed by atoms with Gasteiger partial charge >= 0.3 is 0 Å². The monoisotopic (exact) mass is 338 g/mol. The van der Waals surface area contributed by atoms with Crippen LogP contribution in [0.1, 0.15) is 16.7 Å². The summed E-state index contributed by atoms with van der Waals surface area (Å²) in [5.74, 6) is -0.307. The third-order valence-electron chi connectivity index (χ3n) is 4.44. The van der Waals surface area contributed by atoms with E-state index in [0.717, 1.165) is 32.7 Å². The lowest BCUT2D eigenvalue weighted by molar-refractivity contribution is -0.127. The summed E-state index contributed by atoms with van der Waals surface area (Å²) in [7, 11) is 0. The molecule has 3 nitrogen and oxygen atoms in total. The van der Waals surface area contributed by atoms with Crippen molar-refractivity contribution in [1.29, 1.82) is 0 Å². The molecular formula is C21H23FN2O. The molecule has 0 atom stereocenters. The molecule has 3 rings (SSSR count). The van der Waals surface area contributed by atoms with Crippen LogP contribution in [-0.2, 0) is 11.3 Å². The predicted octanol–water partition coefficient (Wildman–Crippen LogP) is 3.49. The molecule has 0 aliphatic carbocycles. The van der Waals surface area contributed by atoms with Gasteiger partial charge in [-0.25, -0.2) is 4.39 Å². The summed E-state index contributed by atoms with van der Waals surface area (Å²) >= 11 is 0. The molecule has 0 aromatic heterocycles. The number of piperazine rings is 1. The fraction of sp³-hybridized carbons (Fsp3) is 0.286. The summed E-state index contributed by atoms with van der Waals surface area (Å²) in [6.45, 7) is 6.20. The number of hydrogen-bond acceptors (Lipinski definition) is 2. The van der Waals surface area contributed by atoms with E-state index >= 15 is 0 Å². The maximum Gasteiger partial charge on any atom is 0.246 e. The Kier molecular flexibility index (Phi) is 5.61. The van der Waals surface area contributed by atoms with Crippen LogP contribution in [0, 0.1) is 12.7 Å². The molecule has 0 N–H and O–H groups in total. The van der Waals surface area contributed by atoms with E-state index in [1.54, 1.807) is 18.2 Å². The molecule has 0 saturated carbocycles. The number of nitrogens with zero attached hydrogens (tertiary/aromatic N) is 2. The van der Waals surface area contributed by atoms with Crippen LogP contribution in [0.4, 0.5) is 4.39 Å². The summed E-state index contributed by atoms with van der Waals surface area (Å²) in [5.41, 5.74) is 3.28. The second-order valence-corrected chi connectivity index (χ2v) is 6.48. The molecule has 1 aliphatic heterocycles. The molecule has 130 valence electrons. The molecule has 25 heavy (non-hydrogen) atoms. The van der Waals surface area contributed by atoms with Crippen molar-refractivity contribution in [3.8, 4) is 0 Å². The zero-order valence-electron chi connectivity index (χ0n) is 14.5. The number of hydrogen-bond donors (Lipinski definition) is 0. The van der Waals surface area contributed by atoms with Gasteiger partial charge in [-0.1, -0.05) is 42.0 Å². The second kappa shape index (κ2) is 8.08. The van der Waals surface area contributed by atoms with E-state index in [1.165, 1.54) is 29.3 Å². The van der Waals surface area contributed by atoms with Gasteiger partial charge in [0.15, 0.2) is 0 Å². The minimum absolute atomic E-state index is 0.0144. The molecule has 0 unspecified atom stereocenters. The first-order valence-corrected chi connectivity index (χ1v) is 8.60. The molecule has 4 heteroatoms. The largest absolute Gasteiger partial charge is 0.337 e. The number of carbonyl (C=O) groups is 1. The Labute approximate surface area is 148 Å². The predicted molar refractivity (Wildman–Crippen MR) is 98.5 cm³/mol. The van der Waals surface area contributed by atoms with Gasteiger partial charge in [-0.05, 0) is 36.3 Å². The smallest absolute Gasteiger partial charge is 0.246 e. The van der Waals surface area contributed by atoms with Crippen molar-refractivity contribution in [2.45, 2.75) is 13.5 Å². The molecule has 1 aliphatic rings. The lowest BCUT2D eigenvalue weighted by Gasteiger charge is -2.34. The Morgan fingerprint density at radius 2 is 1.84 bits per heavy atom. The number of amides is 1. The molecule has 0 bridgehead atoms. The number of aryl methyl sites for hydroxylation is 1. The molecule has 1 amide bonds. The summed E-state index contributed by atoms with van der Waals surface area (Å²) < 4.78 is 13.2. The van der Waals surface area contributed by atoms with Crippen LogP contribution in [0.5, 0.6) is 0 Å². The van der Waals surface area contributed by atoms with Gasteiger partial charge in [0.05, 0.1) is 0 Å². The molecule has 1 fully saturated rings. The Morgan fingerprint density at radius 3 is 2.56 bits per heavy atom. The average molecular weight is 338 g/mol. The minimum atomic E-state index is -0.292. The van der Waals surface area contributed by atoms with Crippen molar-refractivity contribution in [1.82, 2.24) is 9.80 Å². The number of halogens is 1. The van der Waals surface area contributed by atoms with Crippen molar-refractivity contribution in [3.05, 3.63) is 77.1 Å². The van der Waals surface area contributed by atoms with E-state index in [4.69, 9.17) is 0 Å². The van der Waals surface area contributed by atoms with Crippen molar-refractivity contribution < 1.29 is 9.18 Å². The van der Waals surface area contributed by atoms with Crippen LogP contribution in [0.2, 0.25) is 0 Å². The summed E-state index contributed by atoms with van der Waals surface area (Å²) in [4.78, 5) is 16.5. The summed E-state index contributed by atoms with van der Waals surface area (Å²) in [6.07, 6.45) is 3.20. The van der Waals surface area contributed by atoms with Crippen molar-refractivity contribution in [3.63, 3.8) is 0 Å².